The number of rotatable bonds is 13. The van der Waals surface area contributed by atoms with E-state index in [1.807, 2.05) is 30.3 Å². The van der Waals surface area contributed by atoms with Gasteiger partial charge in [-0.1, -0.05) is 60.7 Å². The molecule has 5 N–H and O–H groups in total. The predicted octanol–water partition coefficient (Wildman–Crippen LogP) is 1.65. The number of aliphatic hydroxyl groups is 1. The van der Waals surface area contributed by atoms with Crippen LogP contribution in [-0.2, 0) is 30.4 Å². The molecular formula is C33H47N5O6. The van der Waals surface area contributed by atoms with E-state index >= 15 is 0 Å². The lowest BCUT2D eigenvalue weighted by molar-refractivity contribution is -0.143. The van der Waals surface area contributed by atoms with Crippen molar-refractivity contribution in [1.29, 1.82) is 0 Å². The van der Waals surface area contributed by atoms with Crippen molar-refractivity contribution in [2.24, 2.45) is 0 Å². The number of carbonyl (C=O) groups excluding carboxylic acids is 5. The Labute approximate surface area is 260 Å². The molecule has 11 heteroatoms. The van der Waals surface area contributed by atoms with Gasteiger partial charge in [-0.2, -0.15) is 0 Å². The molecule has 0 aliphatic rings. The Kier molecular flexibility index (Phi) is 11.5. The Balaban J connectivity index is 2.14. The van der Waals surface area contributed by atoms with E-state index in [1.165, 1.54) is 46.4 Å². The van der Waals surface area contributed by atoms with Crippen molar-refractivity contribution in [2.75, 3.05) is 20.7 Å². The summed E-state index contributed by atoms with van der Waals surface area (Å²) in [5.41, 5.74) is -4.29. The number of nitrogens with zero attached hydrogens (tertiary/aromatic N) is 1. The van der Waals surface area contributed by atoms with E-state index in [0.29, 0.717) is 5.56 Å². The SMILES string of the molecule is CN(C)C(=O)[C@](C)(Cc1ccccc1)NC(=O)C(C)(C)NC(=O)C(C)(C)NC(=O)C(C)(C)NC(=O)[C@@H](CO)c1ccccc1. The smallest absolute Gasteiger partial charge is 0.247 e. The monoisotopic (exact) mass is 609 g/mol. The normalized spacial score (nSPS) is 14.0. The standard InChI is InChI=1S/C33H47N5O6/c1-30(2,34-25(40)24(21-39)23-18-14-11-15-19-23)26(41)35-31(3,4)27(42)36-32(5,6)28(43)37-33(7,29(44)38(8)9)20-22-16-12-10-13-17-22/h10-19,24,39H,20-21H2,1-9H3,(H,34,40)(H,35,41)(H,36,42)(H,37,43)/t24-,33-/m0/s1. The Hall–Kier alpha value is -4.25. The third kappa shape index (κ3) is 9.12. The molecule has 0 aliphatic carbocycles. The fourth-order valence-corrected chi connectivity index (χ4v) is 4.55. The third-order valence-electron chi connectivity index (χ3n) is 7.36. The molecule has 0 spiro atoms. The van der Waals surface area contributed by atoms with Crippen LogP contribution in [0.15, 0.2) is 60.7 Å². The van der Waals surface area contributed by atoms with Gasteiger partial charge in [0.2, 0.25) is 29.5 Å². The molecule has 11 nitrogen and oxygen atoms in total. The van der Waals surface area contributed by atoms with E-state index in [-0.39, 0.29) is 12.3 Å². The fourth-order valence-electron chi connectivity index (χ4n) is 4.55. The summed E-state index contributed by atoms with van der Waals surface area (Å²) in [7, 11) is 3.21. The van der Waals surface area contributed by atoms with Crippen molar-refractivity contribution in [3.05, 3.63) is 71.8 Å². The van der Waals surface area contributed by atoms with Crippen molar-refractivity contribution in [3.8, 4) is 0 Å². The van der Waals surface area contributed by atoms with Gasteiger partial charge >= 0.3 is 0 Å². The van der Waals surface area contributed by atoms with Crippen LogP contribution in [0.3, 0.4) is 0 Å². The van der Waals surface area contributed by atoms with Crippen LogP contribution in [0.25, 0.3) is 0 Å². The van der Waals surface area contributed by atoms with Gasteiger partial charge in [-0.25, -0.2) is 0 Å². The minimum atomic E-state index is -1.50. The second-order valence-electron chi connectivity index (χ2n) is 13.1. The molecule has 5 amide bonds. The first-order valence-electron chi connectivity index (χ1n) is 14.5. The number of likely N-dealkylation sites (N-methyl/N-ethyl adjacent to an activating group) is 1. The zero-order chi connectivity index (χ0) is 33.5. The maximum absolute atomic E-state index is 13.5. The topological polar surface area (TPSA) is 157 Å². The molecule has 240 valence electrons. The van der Waals surface area contributed by atoms with Gasteiger partial charge < -0.3 is 31.3 Å². The molecule has 0 aromatic heterocycles. The number of benzene rings is 2. The number of hydrogen-bond donors (Lipinski definition) is 5. The Morgan fingerprint density at radius 3 is 1.50 bits per heavy atom. The van der Waals surface area contributed by atoms with E-state index in [9.17, 15) is 29.1 Å². The van der Waals surface area contributed by atoms with E-state index in [0.717, 1.165) is 5.56 Å². The van der Waals surface area contributed by atoms with Crippen molar-refractivity contribution in [2.45, 2.75) is 83.0 Å². The van der Waals surface area contributed by atoms with Crippen LogP contribution in [0.5, 0.6) is 0 Å². The van der Waals surface area contributed by atoms with Crippen LogP contribution in [0.2, 0.25) is 0 Å². The number of aliphatic hydroxyl groups excluding tert-OH is 1. The molecule has 0 saturated carbocycles. The maximum atomic E-state index is 13.5. The van der Waals surface area contributed by atoms with E-state index in [2.05, 4.69) is 21.3 Å². The van der Waals surface area contributed by atoms with E-state index in [4.69, 9.17) is 0 Å². The summed E-state index contributed by atoms with van der Waals surface area (Å²) in [6.07, 6.45) is 0.227. The summed E-state index contributed by atoms with van der Waals surface area (Å²) >= 11 is 0. The van der Waals surface area contributed by atoms with Gasteiger partial charge in [0.1, 0.15) is 22.2 Å². The first-order chi connectivity index (χ1) is 20.3. The average Bonchev–Trinajstić information content (AvgIpc) is 2.93. The molecule has 0 saturated heterocycles. The highest BCUT2D eigenvalue weighted by atomic mass is 16.3. The summed E-state index contributed by atoms with van der Waals surface area (Å²) in [6, 6.07) is 18.0. The molecule has 0 aliphatic heterocycles. The Bertz CT molecular complexity index is 1340. The maximum Gasteiger partial charge on any atom is 0.247 e. The quantitative estimate of drug-likeness (QED) is 0.233. The molecule has 0 unspecified atom stereocenters. The van der Waals surface area contributed by atoms with Crippen LogP contribution < -0.4 is 21.3 Å². The van der Waals surface area contributed by atoms with Crippen molar-refractivity contribution < 1.29 is 29.1 Å². The van der Waals surface area contributed by atoms with Crippen molar-refractivity contribution in [3.63, 3.8) is 0 Å². The molecule has 2 aromatic rings. The zero-order valence-electron chi connectivity index (χ0n) is 27.2. The van der Waals surface area contributed by atoms with Gasteiger partial charge in [-0.3, -0.25) is 24.0 Å². The molecule has 0 fully saturated rings. The Morgan fingerprint density at radius 1 is 0.659 bits per heavy atom. The number of hydrogen-bond acceptors (Lipinski definition) is 6. The molecule has 2 rings (SSSR count). The first kappa shape index (κ1) is 35.9. The molecule has 44 heavy (non-hydrogen) atoms. The third-order valence-corrected chi connectivity index (χ3v) is 7.36. The van der Waals surface area contributed by atoms with Crippen LogP contribution in [0, 0.1) is 0 Å². The molecule has 0 heterocycles. The molecule has 2 aromatic carbocycles. The molecule has 2 atom stereocenters. The molecular weight excluding hydrogens is 562 g/mol. The number of amides is 5. The zero-order valence-corrected chi connectivity index (χ0v) is 27.2. The first-order valence-corrected chi connectivity index (χ1v) is 14.5. The van der Waals surface area contributed by atoms with Crippen LogP contribution in [0.1, 0.15) is 65.5 Å². The summed E-state index contributed by atoms with van der Waals surface area (Å²) in [6.45, 7) is 10.1. The summed E-state index contributed by atoms with van der Waals surface area (Å²) in [4.78, 5) is 67.8. The van der Waals surface area contributed by atoms with Gasteiger partial charge in [0.05, 0.1) is 12.5 Å². The highest BCUT2D eigenvalue weighted by molar-refractivity contribution is 6.00. The lowest BCUT2D eigenvalue weighted by Gasteiger charge is -2.37. The lowest BCUT2D eigenvalue weighted by Crippen LogP contribution is -2.68. The molecule has 0 radical (unpaired) electrons. The second-order valence-corrected chi connectivity index (χ2v) is 13.1. The molecule has 0 bridgehead atoms. The Morgan fingerprint density at radius 2 is 1.07 bits per heavy atom. The van der Waals surface area contributed by atoms with E-state index in [1.54, 1.807) is 51.4 Å². The van der Waals surface area contributed by atoms with E-state index < -0.39 is 58.3 Å². The fraction of sp³-hybridized carbons (Fsp3) is 0.485. The minimum absolute atomic E-state index is 0.227. The lowest BCUT2D eigenvalue weighted by atomic mass is 9.89. The average molecular weight is 610 g/mol. The van der Waals surface area contributed by atoms with Crippen molar-refractivity contribution >= 4 is 29.5 Å². The summed E-state index contributed by atoms with van der Waals surface area (Å²) < 4.78 is 0. The van der Waals surface area contributed by atoms with Gasteiger partial charge in [-0.05, 0) is 59.6 Å². The highest BCUT2D eigenvalue weighted by Crippen LogP contribution is 2.20. The van der Waals surface area contributed by atoms with Gasteiger partial charge in [0.15, 0.2) is 0 Å². The highest BCUT2D eigenvalue weighted by Gasteiger charge is 2.44. The van der Waals surface area contributed by atoms with Gasteiger partial charge in [0.25, 0.3) is 0 Å². The summed E-state index contributed by atoms with van der Waals surface area (Å²) in [5, 5.41) is 20.7. The largest absolute Gasteiger partial charge is 0.395 e. The number of carbonyl (C=O) groups is 5. The number of nitrogens with one attached hydrogen (secondary N) is 4. The van der Waals surface area contributed by atoms with Crippen LogP contribution in [0.4, 0.5) is 0 Å². The van der Waals surface area contributed by atoms with Crippen LogP contribution >= 0.6 is 0 Å². The predicted molar refractivity (Wildman–Crippen MR) is 168 cm³/mol. The van der Waals surface area contributed by atoms with Crippen molar-refractivity contribution in [1.82, 2.24) is 26.2 Å². The second kappa shape index (κ2) is 14.0. The van der Waals surface area contributed by atoms with Crippen LogP contribution in [-0.4, -0.2) is 82.4 Å². The minimum Gasteiger partial charge on any atom is -0.395 e. The summed E-state index contributed by atoms with van der Waals surface area (Å²) in [5.74, 6) is -3.65. The van der Waals surface area contributed by atoms with Gasteiger partial charge in [-0.15, -0.1) is 0 Å². The van der Waals surface area contributed by atoms with Gasteiger partial charge in [0, 0.05) is 20.5 Å².